The highest BCUT2D eigenvalue weighted by atomic mass is 16.5. The third-order valence-electron chi connectivity index (χ3n) is 4.25. The molecule has 1 aromatic heterocycles. The lowest BCUT2D eigenvalue weighted by Crippen LogP contribution is -2.34. The number of aromatic nitrogens is 1. The van der Waals surface area contributed by atoms with Crippen molar-refractivity contribution in [3.8, 4) is 5.75 Å². The third-order valence-corrected chi connectivity index (χ3v) is 4.25. The van der Waals surface area contributed by atoms with E-state index >= 15 is 0 Å². The summed E-state index contributed by atoms with van der Waals surface area (Å²) in [5, 5.41) is 2.78. The van der Waals surface area contributed by atoms with E-state index in [1.807, 2.05) is 0 Å². The van der Waals surface area contributed by atoms with Gasteiger partial charge >= 0.3 is 0 Å². The van der Waals surface area contributed by atoms with E-state index in [0.29, 0.717) is 34.0 Å². The van der Waals surface area contributed by atoms with E-state index in [0.717, 1.165) is 0 Å². The summed E-state index contributed by atoms with van der Waals surface area (Å²) in [7, 11) is 3.25. The Morgan fingerprint density at radius 2 is 1.89 bits per heavy atom. The normalized spacial score (nSPS) is 10.7. The molecule has 27 heavy (non-hydrogen) atoms. The quantitative estimate of drug-likeness (QED) is 0.696. The van der Waals surface area contributed by atoms with Crippen molar-refractivity contribution in [1.29, 1.82) is 0 Å². The Hall–Kier alpha value is -2.93. The molecule has 144 valence electrons. The summed E-state index contributed by atoms with van der Waals surface area (Å²) in [6.07, 6.45) is 0. The van der Waals surface area contributed by atoms with Gasteiger partial charge in [-0.05, 0) is 45.5 Å². The predicted octanol–water partition coefficient (Wildman–Crippen LogP) is 2.60. The first-order chi connectivity index (χ1) is 12.7. The van der Waals surface area contributed by atoms with E-state index in [1.165, 1.54) is 6.92 Å². The molecular weight excluding hydrogens is 346 g/mol. The fourth-order valence-electron chi connectivity index (χ4n) is 3.08. The van der Waals surface area contributed by atoms with E-state index in [-0.39, 0.29) is 30.6 Å². The van der Waals surface area contributed by atoms with Crippen LogP contribution in [0.25, 0.3) is 0 Å². The molecule has 1 amide bonds. The van der Waals surface area contributed by atoms with Gasteiger partial charge in [-0.25, -0.2) is 0 Å². The number of H-pyrrole nitrogens is 1. The molecule has 7 nitrogen and oxygen atoms in total. The first-order valence-electron chi connectivity index (χ1n) is 8.58. The molecular formula is C20H25N3O4. The maximum absolute atomic E-state index is 12.6. The first kappa shape index (κ1) is 20.4. The van der Waals surface area contributed by atoms with Crippen molar-refractivity contribution in [2.24, 2.45) is 0 Å². The van der Waals surface area contributed by atoms with Gasteiger partial charge in [0.05, 0.1) is 25.9 Å². The second kappa shape index (κ2) is 8.64. The number of rotatable bonds is 8. The number of hydrogen-bond acceptors (Lipinski definition) is 5. The van der Waals surface area contributed by atoms with Crippen LogP contribution in [0, 0.1) is 13.8 Å². The second-order valence-electron chi connectivity index (χ2n) is 6.56. The Morgan fingerprint density at radius 3 is 2.48 bits per heavy atom. The topological polar surface area (TPSA) is 91.5 Å². The highest BCUT2D eigenvalue weighted by molar-refractivity contribution is 6.04. The third kappa shape index (κ3) is 5.04. The monoisotopic (exact) mass is 371 g/mol. The smallest absolute Gasteiger partial charge is 0.238 e. The Balaban J connectivity index is 1.97. The Morgan fingerprint density at radius 1 is 1.19 bits per heavy atom. The Kier molecular flexibility index (Phi) is 6.52. The predicted molar refractivity (Wildman–Crippen MR) is 104 cm³/mol. The van der Waals surface area contributed by atoms with E-state index in [9.17, 15) is 14.4 Å². The molecule has 0 fully saturated rings. The number of ether oxygens (including phenoxy) is 1. The fraction of sp³-hybridized carbons (Fsp3) is 0.350. The molecule has 0 saturated carbocycles. The van der Waals surface area contributed by atoms with Gasteiger partial charge in [0.2, 0.25) is 5.91 Å². The molecule has 0 saturated heterocycles. The highest BCUT2D eigenvalue weighted by Gasteiger charge is 2.21. The lowest BCUT2D eigenvalue weighted by molar-refractivity contribution is -0.116. The van der Waals surface area contributed by atoms with Crippen molar-refractivity contribution in [1.82, 2.24) is 9.88 Å². The second-order valence-corrected chi connectivity index (χ2v) is 6.56. The molecule has 2 N–H and O–H groups in total. The number of Topliss-reactive ketones (excluding diaryl/α,β-unsaturated/α-hetero) is 2. The summed E-state index contributed by atoms with van der Waals surface area (Å²) < 4.78 is 5.12. The number of aromatic amines is 1. The number of carbonyl (C=O) groups excluding carboxylic acids is 3. The van der Waals surface area contributed by atoms with Gasteiger partial charge < -0.3 is 15.0 Å². The number of nitrogens with one attached hydrogen (secondary N) is 2. The number of amides is 1. The Labute approximate surface area is 158 Å². The van der Waals surface area contributed by atoms with E-state index < -0.39 is 0 Å². The van der Waals surface area contributed by atoms with Gasteiger partial charge in [-0.3, -0.25) is 19.3 Å². The minimum absolute atomic E-state index is 0.0568. The van der Waals surface area contributed by atoms with Gasteiger partial charge in [0.25, 0.3) is 0 Å². The summed E-state index contributed by atoms with van der Waals surface area (Å²) in [5.41, 5.74) is 2.93. The van der Waals surface area contributed by atoms with Crippen LogP contribution in [0.15, 0.2) is 24.3 Å². The number of benzene rings is 1. The summed E-state index contributed by atoms with van der Waals surface area (Å²) >= 11 is 0. The van der Waals surface area contributed by atoms with Gasteiger partial charge in [-0.15, -0.1) is 0 Å². The molecule has 7 heteroatoms. The summed E-state index contributed by atoms with van der Waals surface area (Å²) in [5.74, 6) is 0.170. The molecule has 0 aliphatic heterocycles. The lowest BCUT2D eigenvalue weighted by Gasteiger charge is -2.15. The van der Waals surface area contributed by atoms with E-state index in [4.69, 9.17) is 4.74 Å². The van der Waals surface area contributed by atoms with Crippen molar-refractivity contribution < 1.29 is 19.1 Å². The fourth-order valence-corrected chi connectivity index (χ4v) is 3.08. The average Bonchev–Trinajstić information content (AvgIpc) is 2.89. The standard InChI is InChI=1S/C20H25N3O4/c1-12-19(14(3)24)13(2)21-20(12)17(25)10-23(4)11-18(26)22-15-7-6-8-16(9-15)27-5/h6-9,21H,10-11H2,1-5H3,(H,22,26). The van der Waals surface area contributed by atoms with Crippen LogP contribution in [0.1, 0.15) is 39.0 Å². The van der Waals surface area contributed by atoms with E-state index in [1.54, 1.807) is 57.2 Å². The van der Waals surface area contributed by atoms with Crippen molar-refractivity contribution in [3.05, 3.63) is 46.8 Å². The summed E-state index contributed by atoms with van der Waals surface area (Å²) in [4.78, 5) is 41.1. The maximum Gasteiger partial charge on any atom is 0.238 e. The van der Waals surface area contributed by atoms with Crippen molar-refractivity contribution in [2.75, 3.05) is 32.6 Å². The van der Waals surface area contributed by atoms with E-state index in [2.05, 4.69) is 10.3 Å². The zero-order valence-corrected chi connectivity index (χ0v) is 16.3. The number of anilines is 1. The van der Waals surface area contributed by atoms with Gasteiger partial charge in [-0.1, -0.05) is 6.07 Å². The Bertz CT molecular complexity index is 870. The molecule has 2 rings (SSSR count). The molecule has 0 atom stereocenters. The van der Waals surface area contributed by atoms with Crippen LogP contribution >= 0.6 is 0 Å². The van der Waals surface area contributed by atoms with Crippen LogP contribution < -0.4 is 10.1 Å². The van der Waals surface area contributed by atoms with Crippen molar-refractivity contribution >= 4 is 23.2 Å². The van der Waals surface area contributed by atoms with Crippen LogP contribution in [0.3, 0.4) is 0 Å². The molecule has 0 aliphatic rings. The van der Waals surface area contributed by atoms with Crippen molar-refractivity contribution in [3.63, 3.8) is 0 Å². The molecule has 0 radical (unpaired) electrons. The molecule has 1 heterocycles. The van der Waals surface area contributed by atoms with Crippen LogP contribution in [0.2, 0.25) is 0 Å². The summed E-state index contributed by atoms with van der Waals surface area (Å²) in [6, 6.07) is 7.05. The highest BCUT2D eigenvalue weighted by Crippen LogP contribution is 2.19. The largest absolute Gasteiger partial charge is 0.497 e. The van der Waals surface area contributed by atoms with Gasteiger partial charge in [0.1, 0.15) is 5.75 Å². The minimum atomic E-state index is -0.234. The van der Waals surface area contributed by atoms with Crippen LogP contribution in [-0.2, 0) is 4.79 Å². The van der Waals surface area contributed by atoms with Gasteiger partial charge in [-0.2, -0.15) is 0 Å². The number of carbonyl (C=O) groups is 3. The molecule has 0 bridgehead atoms. The molecule has 1 aromatic carbocycles. The number of ketones is 2. The minimum Gasteiger partial charge on any atom is -0.497 e. The lowest BCUT2D eigenvalue weighted by atomic mass is 10.1. The van der Waals surface area contributed by atoms with Gasteiger partial charge in [0, 0.05) is 23.0 Å². The zero-order valence-electron chi connectivity index (χ0n) is 16.3. The van der Waals surface area contributed by atoms with Crippen LogP contribution in [-0.4, -0.2) is 54.6 Å². The average molecular weight is 371 g/mol. The molecule has 0 aliphatic carbocycles. The maximum atomic E-state index is 12.6. The van der Waals surface area contributed by atoms with Crippen LogP contribution in [0.4, 0.5) is 5.69 Å². The number of likely N-dealkylation sites (N-methyl/N-ethyl adjacent to an activating group) is 1. The van der Waals surface area contributed by atoms with Crippen LogP contribution in [0.5, 0.6) is 5.75 Å². The SMILES string of the molecule is COc1cccc(NC(=O)CN(C)CC(=O)c2[nH]c(C)c(C(C)=O)c2C)c1. The first-order valence-corrected chi connectivity index (χ1v) is 8.58. The number of hydrogen-bond donors (Lipinski definition) is 2. The number of aryl methyl sites for hydroxylation is 1. The number of methoxy groups -OCH3 is 1. The zero-order chi connectivity index (χ0) is 20.1. The van der Waals surface area contributed by atoms with Crippen molar-refractivity contribution in [2.45, 2.75) is 20.8 Å². The molecule has 0 unspecified atom stereocenters. The van der Waals surface area contributed by atoms with Gasteiger partial charge in [0.15, 0.2) is 11.6 Å². The molecule has 0 spiro atoms. The molecule has 2 aromatic rings. The summed E-state index contributed by atoms with van der Waals surface area (Å²) in [6.45, 7) is 5.12. The number of nitrogens with zero attached hydrogens (tertiary/aromatic N) is 1.